The van der Waals surface area contributed by atoms with E-state index >= 15 is 0 Å². The summed E-state index contributed by atoms with van der Waals surface area (Å²) < 4.78 is 1.84. The Morgan fingerprint density at radius 3 is 2.68 bits per heavy atom. The minimum absolute atomic E-state index is 0.376. The van der Waals surface area contributed by atoms with Crippen LogP contribution in [0.1, 0.15) is 5.56 Å². The number of aryl methyl sites for hydroxylation is 1. The Balaban J connectivity index is 1.99. The summed E-state index contributed by atoms with van der Waals surface area (Å²) in [4.78, 5) is 4.19. The van der Waals surface area contributed by atoms with Crippen LogP contribution in [-0.2, 0) is 6.54 Å². The van der Waals surface area contributed by atoms with Gasteiger partial charge >= 0.3 is 0 Å². The number of hydrogen-bond acceptors (Lipinski definition) is 5. The molecule has 0 amide bonds. The molecule has 8 heteroatoms. The molecular formula is C11H14Cl2N6. The van der Waals surface area contributed by atoms with Gasteiger partial charge in [-0.25, -0.2) is 10.8 Å². The van der Waals surface area contributed by atoms with E-state index in [1.807, 2.05) is 24.0 Å². The lowest BCUT2D eigenvalue weighted by molar-refractivity contribution is 0.637. The summed E-state index contributed by atoms with van der Waals surface area (Å²) in [6, 6.07) is 1.59. The summed E-state index contributed by atoms with van der Waals surface area (Å²) in [6.45, 7) is 3.34. The van der Waals surface area contributed by atoms with Crippen LogP contribution in [0.15, 0.2) is 18.5 Å². The average Bonchev–Trinajstić information content (AvgIpc) is 2.78. The van der Waals surface area contributed by atoms with E-state index in [4.69, 9.17) is 29.0 Å². The number of nitrogens with zero attached hydrogens (tertiary/aromatic N) is 3. The summed E-state index contributed by atoms with van der Waals surface area (Å²) in [7, 11) is 0. The molecule has 0 fully saturated rings. The highest BCUT2D eigenvalue weighted by Gasteiger charge is 2.08. The summed E-state index contributed by atoms with van der Waals surface area (Å²) >= 11 is 11.9. The lowest BCUT2D eigenvalue weighted by Gasteiger charge is -2.10. The van der Waals surface area contributed by atoms with Crippen molar-refractivity contribution in [2.75, 3.05) is 17.3 Å². The molecular weight excluding hydrogens is 287 g/mol. The lowest BCUT2D eigenvalue weighted by Crippen LogP contribution is -2.14. The molecule has 0 radical (unpaired) electrons. The summed E-state index contributed by atoms with van der Waals surface area (Å²) in [5, 5.41) is 8.12. The first-order valence-corrected chi connectivity index (χ1v) is 6.41. The zero-order valence-corrected chi connectivity index (χ0v) is 11.8. The number of halogens is 2. The van der Waals surface area contributed by atoms with Crippen molar-refractivity contribution >= 4 is 34.8 Å². The van der Waals surface area contributed by atoms with Gasteiger partial charge in [0.1, 0.15) is 5.82 Å². The van der Waals surface area contributed by atoms with E-state index in [0.29, 0.717) is 34.8 Å². The second-order valence-corrected chi connectivity index (χ2v) is 4.82. The van der Waals surface area contributed by atoms with E-state index in [1.165, 1.54) is 0 Å². The van der Waals surface area contributed by atoms with E-state index in [1.54, 1.807) is 6.07 Å². The molecule has 2 rings (SSSR count). The Hall–Kier alpha value is -1.50. The van der Waals surface area contributed by atoms with Gasteiger partial charge in [0.25, 0.3) is 0 Å². The van der Waals surface area contributed by atoms with Crippen LogP contribution in [0.2, 0.25) is 10.0 Å². The fourth-order valence-corrected chi connectivity index (χ4v) is 2.05. The highest BCUT2D eigenvalue weighted by Crippen LogP contribution is 2.28. The molecule has 0 spiro atoms. The second-order valence-electron chi connectivity index (χ2n) is 4.00. The molecule has 19 heavy (non-hydrogen) atoms. The number of pyridine rings is 1. The van der Waals surface area contributed by atoms with Crippen molar-refractivity contribution in [1.29, 1.82) is 0 Å². The fourth-order valence-electron chi connectivity index (χ4n) is 1.57. The minimum Gasteiger partial charge on any atom is -0.367 e. The largest absolute Gasteiger partial charge is 0.367 e. The number of anilines is 2. The van der Waals surface area contributed by atoms with E-state index < -0.39 is 0 Å². The molecule has 0 unspecified atom stereocenters. The number of rotatable bonds is 5. The molecule has 0 aliphatic carbocycles. The third-order valence-corrected chi connectivity index (χ3v) is 3.04. The van der Waals surface area contributed by atoms with Crippen molar-refractivity contribution in [2.45, 2.75) is 13.5 Å². The number of hydrazine groups is 1. The molecule has 0 aliphatic rings. The number of nitrogens with two attached hydrogens (primary N) is 1. The number of nitrogens with one attached hydrogen (secondary N) is 2. The van der Waals surface area contributed by atoms with Gasteiger partial charge in [0.05, 0.1) is 22.8 Å². The van der Waals surface area contributed by atoms with Gasteiger partial charge in [-0.1, -0.05) is 23.2 Å². The van der Waals surface area contributed by atoms with Crippen LogP contribution in [0.25, 0.3) is 0 Å². The lowest BCUT2D eigenvalue weighted by atomic mass is 10.4. The molecule has 0 atom stereocenters. The van der Waals surface area contributed by atoms with Crippen molar-refractivity contribution in [2.24, 2.45) is 5.84 Å². The van der Waals surface area contributed by atoms with E-state index in [9.17, 15) is 0 Å². The Kier molecular flexibility index (Phi) is 4.47. The number of aromatic nitrogens is 3. The molecule has 0 aliphatic heterocycles. The third-order valence-electron chi connectivity index (χ3n) is 2.46. The van der Waals surface area contributed by atoms with Crippen LogP contribution in [0.3, 0.4) is 0 Å². The Morgan fingerprint density at radius 1 is 1.32 bits per heavy atom. The molecule has 2 aromatic heterocycles. The maximum absolute atomic E-state index is 6.04. The molecule has 0 bridgehead atoms. The maximum Gasteiger partial charge on any atom is 0.161 e. The smallest absolute Gasteiger partial charge is 0.161 e. The zero-order chi connectivity index (χ0) is 13.8. The standard InChI is InChI=1S/C11H14Cl2N6/c1-7-5-16-19(6-7)3-2-15-10-8(12)4-9(13)11(17-10)18-14/h4-6H,2-3,14H2,1H3,(H2,15,17,18). The van der Waals surface area contributed by atoms with Gasteiger partial charge in [0, 0.05) is 12.7 Å². The van der Waals surface area contributed by atoms with Crippen molar-refractivity contribution in [3.05, 3.63) is 34.1 Å². The van der Waals surface area contributed by atoms with E-state index in [2.05, 4.69) is 20.8 Å². The van der Waals surface area contributed by atoms with E-state index in [-0.39, 0.29) is 0 Å². The molecule has 102 valence electrons. The molecule has 4 N–H and O–H groups in total. The SMILES string of the molecule is Cc1cnn(CCNc2nc(NN)c(Cl)cc2Cl)c1. The molecule has 0 saturated carbocycles. The van der Waals surface area contributed by atoms with Gasteiger partial charge in [0.15, 0.2) is 5.82 Å². The predicted octanol–water partition coefficient (Wildman–Crippen LogP) is 2.29. The molecule has 2 heterocycles. The zero-order valence-electron chi connectivity index (χ0n) is 10.3. The van der Waals surface area contributed by atoms with Crippen LogP contribution in [0.5, 0.6) is 0 Å². The van der Waals surface area contributed by atoms with Gasteiger partial charge in [-0.2, -0.15) is 5.10 Å². The fraction of sp³-hybridized carbons (Fsp3) is 0.273. The maximum atomic E-state index is 6.04. The molecule has 6 nitrogen and oxygen atoms in total. The third kappa shape index (κ3) is 3.50. The van der Waals surface area contributed by atoms with Gasteiger partial charge in [-0.05, 0) is 18.6 Å². The van der Waals surface area contributed by atoms with Crippen LogP contribution >= 0.6 is 23.2 Å². The summed E-state index contributed by atoms with van der Waals surface area (Å²) in [5.41, 5.74) is 3.54. The first kappa shape index (κ1) is 13.9. The number of nitrogen functional groups attached to an aromatic ring is 1. The highest BCUT2D eigenvalue weighted by molar-refractivity contribution is 6.37. The first-order valence-electron chi connectivity index (χ1n) is 5.65. The van der Waals surface area contributed by atoms with Crippen LogP contribution in [-0.4, -0.2) is 21.3 Å². The number of hydrogen-bond donors (Lipinski definition) is 3. The Bertz CT molecular complexity index is 568. The van der Waals surface area contributed by atoms with Crippen LogP contribution in [0, 0.1) is 6.92 Å². The Labute approximate surface area is 120 Å². The minimum atomic E-state index is 0.376. The molecule has 2 aromatic rings. The Morgan fingerprint density at radius 2 is 2.05 bits per heavy atom. The van der Waals surface area contributed by atoms with Crippen LogP contribution in [0.4, 0.5) is 11.6 Å². The molecule has 0 aromatic carbocycles. The second kappa shape index (κ2) is 6.10. The van der Waals surface area contributed by atoms with Gasteiger partial charge < -0.3 is 10.7 Å². The van der Waals surface area contributed by atoms with Crippen molar-refractivity contribution in [1.82, 2.24) is 14.8 Å². The quantitative estimate of drug-likeness (QED) is 0.583. The summed E-state index contributed by atoms with van der Waals surface area (Å²) in [5.74, 6) is 6.22. The van der Waals surface area contributed by atoms with Gasteiger partial charge in [-0.15, -0.1) is 0 Å². The normalized spacial score (nSPS) is 10.5. The average molecular weight is 301 g/mol. The van der Waals surface area contributed by atoms with Crippen molar-refractivity contribution < 1.29 is 0 Å². The summed E-state index contributed by atoms with van der Waals surface area (Å²) in [6.07, 6.45) is 3.77. The monoisotopic (exact) mass is 300 g/mol. The first-order chi connectivity index (χ1) is 9.10. The molecule has 0 saturated heterocycles. The van der Waals surface area contributed by atoms with Gasteiger partial charge in [0.2, 0.25) is 0 Å². The van der Waals surface area contributed by atoms with E-state index in [0.717, 1.165) is 5.56 Å². The predicted molar refractivity (Wildman–Crippen MR) is 77.5 cm³/mol. The highest BCUT2D eigenvalue weighted by atomic mass is 35.5. The topological polar surface area (TPSA) is 80.8 Å². The van der Waals surface area contributed by atoms with Crippen LogP contribution < -0.4 is 16.6 Å². The van der Waals surface area contributed by atoms with Gasteiger partial charge in [-0.3, -0.25) is 4.68 Å². The van der Waals surface area contributed by atoms with Crippen molar-refractivity contribution in [3.63, 3.8) is 0 Å². The van der Waals surface area contributed by atoms with Crippen molar-refractivity contribution in [3.8, 4) is 0 Å².